The second-order valence-electron chi connectivity index (χ2n) is 7.07. The summed E-state index contributed by atoms with van der Waals surface area (Å²) in [5.41, 5.74) is 2.40. The minimum Gasteiger partial charge on any atom is -0.321 e. The summed E-state index contributed by atoms with van der Waals surface area (Å²) in [7, 11) is 1.41. The van der Waals surface area contributed by atoms with Gasteiger partial charge in [0.25, 0.3) is 17.7 Å². The van der Waals surface area contributed by atoms with Crippen LogP contribution in [0.15, 0.2) is 41.5 Å². The van der Waals surface area contributed by atoms with E-state index in [0.29, 0.717) is 22.0 Å². The number of aryl methyl sites for hydroxylation is 1. The van der Waals surface area contributed by atoms with Gasteiger partial charge in [0, 0.05) is 30.6 Å². The molecule has 0 atom stereocenters. The van der Waals surface area contributed by atoms with Gasteiger partial charge in [-0.15, -0.1) is 0 Å². The maximum atomic E-state index is 12.7. The monoisotopic (exact) mass is 424 g/mol. The molecule has 4 rings (SSSR count). The average Bonchev–Trinajstić information content (AvgIpc) is 2.94. The molecule has 0 spiro atoms. The van der Waals surface area contributed by atoms with Crippen LogP contribution in [0.4, 0.5) is 11.4 Å². The summed E-state index contributed by atoms with van der Waals surface area (Å²) in [5.74, 6) is -1.53. The molecule has 2 aromatic carbocycles. The predicted octanol–water partition coefficient (Wildman–Crippen LogP) is 3.00. The fourth-order valence-electron chi connectivity index (χ4n) is 3.27. The van der Waals surface area contributed by atoms with E-state index in [2.05, 4.69) is 10.4 Å². The zero-order chi connectivity index (χ0) is 21.6. The van der Waals surface area contributed by atoms with Gasteiger partial charge in [0.2, 0.25) is 5.91 Å². The number of hydrogen-bond acceptors (Lipinski definition) is 5. The van der Waals surface area contributed by atoms with Crippen LogP contribution < -0.4 is 10.3 Å². The standard InChI is InChI=1S/C21H17ClN4O4/c1-11-3-5-13(10-16(11)22)26-18(27)8-7-17(24-26)19(28)23-12-4-6-14-15(9-12)21(30)25(2)20(14)29/h3-6,9-10H,7-8H2,1-2H3,(H,23,28). The van der Waals surface area contributed by atoms with Crippen LogP contribution in [-0.4, -0.2) is 41.3 Å². The van der Waals surface area contributed by atoms with Crippen LogP contribution in [0.2, 0.25) is 5.02 Å². The third-order valence-electron chi connectivity index (χ3n) is 5.04. The average molecular weight is 425 g/mol. The highest BCUT2D eigenvalue weighted by Gasteiger charge is 2.33. The summed E-state index contributed by atoms with van der Waals surface area (Å²) in [5, 5.41) is 8.56. The molecule has 2 heterocycles. The summed E-state index contributed by atoms with van der Waals surface area (Å²) < 4.78 is 0. The van der Waals surface area contributed by atoms with Crippen molar-refractivity contribution in [2.24, 2.45) is 5.10 Å². The van der Waals surface area contributed by atoms with E-state index in [4.69, 9.17) is 11.6 Å². The van der Waals surface area contributed by atoms with Gasteiger partial charge in [-0.1, -0.05) is 17.7 Å². The molecule has 0 fully saturated rings. The Kier molecular flexibility index (Phi) is 4.87. The van der Waals surface area contributed by atoms with Crippen LogP contribution in [0.25, 0.3) is 0 Å². The third kappa shape index (κ3) is 3.35. The highest BCUT2D eigenvalue weighted by atomic mass is 35.5. The van der Waals surface area contributed by atoms with E-state index in [1.807, 2.05) is 6.92 Å². The van der Waals surface area contributed by atoms with Crippen molar-refractivity contribution < 1.29 is 19.2 Å². The Balaban J connectivity index is 1.58. The summed E-state index contributed by atoms with van der Waals surface area (Å²) >= 11 is 6.15. The van der Waals surface area contributed by atoms with Gasteiger partial charge in [-0.3, -0.25) is 24.1 Å². The van der Waals surface area contributed by atoms with E-state index >= 15 is 0 Å². The number of halogens is 1. The van der Waals surface area contributed by atoms with Crippen molar-refractivity contribution in [1.29, 1.82) is 0 Å². The van der Waals surface area contributed by atoms with Crippen LogP contribution in [0.5, 0.6) is 0 Å². The normalized spacial score (nSPS) is 16.0. The maximum Gasteiger partial charge on any atom is 0.271 e. The molecule has 0 saturated carbocycles. The smallest absolute Gasteiger partial charge is 0.271 e. The number of imide groups is 1. The Bertz CT molecular complexity index is 1160. The van der Waals surface area contributed by atoms with Gasteiger partial charge in [-0.2, -0.15) is 5.10 Å². The summed E-state index contributed by atoms with van der Waals surface area (Å²) in [6.45, 7) is 1.85. The molecule has 30 heavy (non-hydrogen) atoms. The van der Waals surface area contributed by atoms with Crippen LogP contribution >= 0.6 is 11.6 Å². The quantitative estimate of drug-likeness (QED) is 0.765. The Morgan fingerprint density at radius 2 is 1.77 bits per heavy atom. The van der Waals surface area contributed by atoms with Crippen LogP contribution in [0, 0.1) is 6.92 Å². The maximum absolute atomic E-state index is 12.7. The molecule has 4 amide bonds. The third-order valence-corrected chi connectivity index (χ3v) is 5.45. The number of hydrazone groups is 1. The number of hydrogen-bond donors (Lipinski definition) is 1. The highest BCUT2D eigenvalue weighted by molar-refractivity contribution is 6.44. The highest BCUT2D eigenvalue weighted by Crippen LogP contribution is 2.27. The molecular formula is C21H17ClN4O4. The molecule has 2 aromatic rings. The first kappa shape index (κ1) is 19.8. The van der Waals surface area contributed by atoms with Crippen molar-refractivity contribution in [3.63, 3.8) is 0 Å². The van der Waals surface area contributed by atoms with E-state index in [9.17, 15) is 19.2 Å². The second-order valence-corrected chi connectivity index (χ2v) is 7.48. The Morgan fingerprint density at radius 3 is 2.50 bits per heavy atom. The molecule has 9 heteroatoms. The number of carbonyl (C=O) groups is 4. The lowest BCUT2D eigenvalue weighted by Gasteiger charge is -2.23. The SMILES string of the molecule is Cc1ccc(N2N=C(C(=O)Nc3ccc4c(c3)C(=O)N(C)C4=O)CCC2=O)cc1Cl. The van der Waals surface area contributed by atoms with E-state index in [0.717, 1.165) is 10.5 Å². The van der Waals surface area contributed by atoms with E-state index in [-0.39, 0.29) is 35.9 Å². The Morgan fingerprint density at radius 1 is 1.03 bits per heavy atom. The second kappa shape index (κ2) is 7.38. The van der Waals surface area contributed by atoms with Gasteiger partial charge in [-0.25, -0.2) is 5.01 Å². The number of benzene rings is 2. The molecule has 0 radical (unpaired) electrons. The van der Waals surface area contributed by atoms with Gasteiger partial charge < -0.3 is 5.32 Å². The fraction of sp³-hybridized carbons (Fsp3) is 0.190. The summed E-state index contributed by atoms with van der Waals surface area (Å²) in [4.78, 5) is 50.2. The van der Waals surface area contributed by atoms with Crippen LogP contribution in [0.1, 0.15) is 39.1 Å². The molecule has 0 aliphatic carbocycles. The van der Waals surface area contributed by atoms with Crippen molar-refractivity contribution in [2.75, 3.05) is 17.4 Å². The first-order chi connectivity index (χ1) is 14.3. The largest absolute Gasteiger partial charge is 0.321 e. The van der Waals surface area contributed by atoms with Gasteiger partial charge in [0.05, 0.1) is 16.8 Å². The molecule has 2 aliphatic rings. The number of anilines is 2. The lowest BCUT2D eigenvalue weighted by molar-refractivity contribution is -0.118. The Labute approximate surface area is 177 Å². The zero-order valence-electron chi connectivity index (χ0n) is 16.2. The molecule has 0 saturated heterocycles. The number of carbonyl (C=O) groups excluding carboxylic acids is 4. The van der Waals surface area contributed by atoms with E-state index < -0.39 is 11.8 Å². The predicted molar refractivity (Wildman–Crippen MR) is 112 cm³/mol. The molecule has 0 bridgehead atoms. The number of amides is 4. The van der Waals surface area contributed by atoms with Crippen LogP contribution in [0.3, 0.4) is 0 Å². The van der Waals surface area contributed by atoms with Crippen molar-refractivity contribution in [2.45, 2.75) is 19.8 Å². The molecule has 8 nitrogen and oxygen atoms in total. The van der Waals surface area contributed by atoms with Crippen molar-refractivity contribution >= 4 is 52.3 Å². The van der Waals surface area contributed by atoms with Crippen LogP contribution in [-0.2, 0) is 9.59 Å². The molecule has 152 valence electrons. The van der Waals surface area contributed by atoms with Gasteiger partial charge >= 0.3 is 0 Å². The zero-order valence-corrected chi connectivity index (χ0v) is 17.0. The van der Waals surface area contributed by atoms with Gasteiger partial charge in [0.15, 0.2) is 0 Å². The minimum atomic E-state index is -0.490. The van der Waals surface area contributed by atoms with E-state index in [1.54, 1.807) is 24.3 Å². The lowest BCUT2D eigenvalue weighted by atomic mass is 10.1. The summed E-state index contributed by atoms with van der Waals surface area (Å²) in [6, 6.07) is 9.62. The molecule has 0 unspecified atom stereocenters. The minimum absolute atomic E-state index is 0.125. The topological polar surface area (TPSA) is 99.2 Å². The molecule has 2 aliphatic heterocycles. The first-order valence-electron chi connectivity index (χ1n) is 9.20. The lowest BCUT2D eigenvalue weighted by Crippen LogP contribution is -2.36. The van der Waals surface area contributed by atoms with Gasteiger partial charge in [0.1, 0.15) is 5.71 Å². The van der Waals surface area contributed by atoms with Crippen molar-refractivity contribution in [1.82, 2.24) is 4.90 Å². The molecule has 1 N–H and O–H groups in total. The molecule has 0 aromatic heterocycles. The number of nitrogens with zero attached hydrogens (tertiary/aromatic N) is 3. The number of rotatable bonds is 3. The van der Waals surface area contributed by atoms with Crippen molar-refractivity contribution in [3.05, 3.63) is 58.1 Å². The summed E-state index contributed by atoms with van der Waals surface area (Å²) in [6.07, 6.45) is 0.311. The van der Waals surface area contributed by atoms with Crippen molar-refractivity contribution in [3.8, 4) is 0 Å². The number of nitrogens with one attached hydrogen (secondary N) is 1. The van der Waals surface area contributed by atoms with Gasteiger partial charge in [-0.05, 0) is 42.8 Å². The first-order valence-corrected chi connectivity index (χ1v) is 9.58. The van der Waals surface area contributed by atoms with E-state index in [1.165, 1.54) is 24.2 Å². The molecular weight excluding hydrogens is 408 g/mol. The Hall–Kier alpha value is -3.52. The number of fused-ring (bicyclic) bond motifs is 1. The fourth-order valence-corrected chi connectivity index (χ4v) is 3.45.